The molecule has 1 unspecified atom stereocenters. The molecule has 4 nitrogen and oxygen atoms in total. The fourth-order valence-corrected chi connectivity index (χ4v) is 1.94. The summed E-state index contributed by atoms with van der Waals surface area (Å²) in [5, 5.41) is 3.54. The maximum Gasteiger partial charge on any atom is 0.154 e. The van der Waals surface area contributed by atoms with Gasteiger partial charge in [-0.15, -0.1) is 11.6 Å². The van der Waals surface area contributed by atoms with Crippen LogP contribution in [0.25, 0.3) is 11.0 Å². The molecule has 0 aliphatic rings. The minimum atomic E-state index is 0.232. The molecule has 2 rings (SSSR count). The summed E-state index contributed by atoms with van der Waals surface area (Å²) in [6, 6.07) is 1.97. The highest BCUT2D eigenvalue weighted by atomic mass is 35.5. The fourth-order valence-electron chi connectivity index (χ4n) is 1.78. The molecule has 1 N–H and O–H groups in total. The number of aryl methyl sites for hydroxylation is 1. The van der Waals surface area contributed by atoms with Crippen molar-refractivity contribution in [3.63, 3.8) is 0 Å². The van der Waals surface area contributed by atoms with Gasteiger partial charge in [-0.2, -0.15) is 0 Å². The number of alkyl halides is 1. The lowest BCUT2D eigenvalue weighted by atomic mass is 10.2. The number of aromatic nitrogens is 3. The number of rotatable bonds is 5. The molecule has 17 heavy (non-hydrogen) atoms. The van der Waals surface area contributed by atoms with E-state index >= 15 is 0 Å². The summed E-state index contributed by atoms with van der Waals surface area (Å²) in [6.45, 7) is 2.89. The van der Waals surface area contributed by atoms with E-state index in [9.17, 15) is 0 Å². The first-order chi connectivity index (χ1) is 8.18. The molecule has 2 aromatic rings. The zero-order chi connectivity index (χ0) is 12.3. The van der Waals surface area contributed by atoms with Crippen molar-refractivity contribution in [1.29, 1.82) is 0 Å². The topological polar surface area (TPSA) is 42.7 Å². The van der Waals surface area contributed by atoms with Gasteiger partial charge in [0.1, 0.15) is 5.52 Å². The number of imidazole rings is 1. The second kappa shape index (κ2) is 5.36. The van der Waals surface area contributed by atoms with Crippen LogP contribution >= 0.6 is 11.6 Å². The van der Waals surface area contributed by atoms with Gasteiger partial charge < -0.3 is 9.88 Å². The van der Waals surface area contributed by atoms with Crippen LogP contribution in [0.3, 0.4) is 0 Å². The molecule has 0 amide bonds. The molecular formula is C12H17ClN4. The van der Waals surface area contributed by atoms with Crippen LogP contribution < -0.4 is 5.32 Å². The molecule has 2 heterocycles. The lowest BCUT2D eigenvalue weighted by Crippen LogP contribution is -2.05. The van der Waals surface area contributed by atoms with Gasteiger partial charge in [0.05, 0.1) is 11.8 Å². The van der Waals surface area contributed by atoms with Crippen LogP contribution in [0.4, 0.5) is 5.82 Å². The first-order valence-electron chi connectivity index (χ1n) is 5.82. The molecule has 0 aliphatic heterocycles. The van der Waals surface area contributed by atoms with E-state index in [0.29, 0.717) is 0 Å². The van der Waals surface area contributed by atoms with Crippen molar-refractivity contribution in [2.75, 3.05) is 11.9 Å². The maximum absolute atomic E-state index is 5.90. The number of nitrogens with one attached hydrogen (secondary N) is 1. The van der Waals surface area contributed by atoms with Crippen LogP contribution in [0.1, 0.15) is 19.8 Å². The summed E-state index contributed by atoms with van der Waals surface area (Å²) in [6.07, 6.45) is 5.65. The first-order valence-corrected chi connectivity index (χ1v) is 6.26. The highest BCUT2D eigenvalue weighted by molar-refractivity contribution is 6.20. The molecule has 1 atom stereocenters. The molecule has 92 valence electrons. The molecule has 0 aliphatic carbocycles. The Kier molecular flexibility index (Phi) is 3.84. The fraction of sp³-hybridized carbons (Fsp3) is 0.500. The molecule has 2 aromatic heterocycles. The number of pyridine rings is 1. The molecule has 0 bridgehead atoms. The van der Waals surface area contributed by atoms with Gasteiger partial charge in [0, 0.05) is 25.2 Å². The Balaban J connectivity index is 2.03. The predicted octanol–water partition coefficient (Wildman–Crippen LogP) is 2.79. The van der Waals surface area contributed by atoms with E-state index in [1.54, 1.807) is 12.5 Å². The monoisotopic (exact) mass is 252 g/mol. The number of halogens is 1. The molecular weight excluding hydrogens is 236 g/mol. The molecule has 0 fully saturated rings. The average molecular weight is 253 g/mol. The summed E-state index contributed by atoms with van der Waals surface area (Å²) in [5.41, 5.74) is 2.02. The molecule has 0 saturated heterocycles. The van der Waals surface area contributed by atoms with Crippen molar-refractivity contribution >= 4 is 28.5 Å². The van der Waals surface area contributed by atoms with E-state index in [4.69, 9.17) is 11.6 Å². The van der Waals surface area contributed by atoms with E-state index < -0.39 is 0 Å². The van der Waals surface area contributed by atoms with Crippen LogP contribution in [-0.2, 0) is 7.05 Å². The highest BCUT2D eigenvalue weighted by Crippen LogP contribution is 2.18. The van der Waals surface area contributed by atoms with Crippen molar-refractivity contribution in [3.8, 4) is 0 Å². The van der Waals surface area contributed by atoms with Gasteiger partial charge in [0.15, 0.2) is 5.82 Å². The quantitative estimate of drug-likeness (QED) is 0.657. The zero-order valence-corrected chi connectivity index (χ0v) is 10.9. The smallest absolute Gasteiger partial charge is 0.154 e. The lowest BCUT2D eigenvalue weighted by molar-refractivity contribution is 0.749. The van der Waals surface area contributed by atoms with E-state index in [-0.39, 0.29) is 5.38 Å². The highest BCUT2D eigenvalue weighted by Gasteiger charge is 2.06. The number of hydrogen-bond acceptors (Lipinski definition) is 3. The van der Waals surface area contributed by atoms with Crippen LogP contribution in [0.15, 0.2) is 18.6 Å². The van der Waals surface area contributed by atoms with Crippen molar-refractivity contribution in [2.45, 2.75) is 25.1 Å². The molecule has 0 radical (unpaired) electrons. The summed E-state index contributed by atoms with van der Waals surface area (Å²) < 4.78 is 1.99. The largest absolute Gasteiger partial charge is 0.368 e. The summed E-state index contributed by atoms with van der Waals surface area (Å²) in [7, 11) is 1.98. The summed E-state index contributed by atoms with van der Waals surface area (Å²) in [5.74, 6) is 0.852. The average Bonchev–Trinajstić information content (AvgIpc) is 2.67. The molecule has 0 spiro atoms. The molecule has 0 aromatic carbocycles. The third kappa shape index (κ3) is 2.88. The van der Waals surface area contributed by atoms with Gasteiger partial charge in [0.25, 0.3) is 0 Å². The normalized spacial score (nSPS) is 12.9. The number of hydrogen-bond donors (Lipinski definition) is 1. The Morgan fingerprint density at radius 1 is 1.47 bits per heavy atom. The molecule has 5 heteroatoms. The van der Waals surface area contributed by atoms with Crippen LogP contribution in [0, 0.1) is 0 Å². The number of nitrogens with zero attached hydrogens (tertiary/aromatic N) is 3. The van der Waals surface area contributed by atoms with Gasteiger partial charge >= 0.3 is 0 Å². The van der Waals surface area contributed by atoms with Gasteiger partial charge in [-0.1, -0.05) is 0 Å². The Morgan fingerprint density at radius 3 is 3.06 bits per heavy atom. The summed E-state index contributed by atoms with van der Waals surface area (Å²) in [4.78, 5) is 8.66. The van der Waals surface area contributed by atoms with Gasteiger partial charge in [0.2, 0.25) is 0 Å². The summed E-state index contributed by atoms with van der Waals surface area (Å²) >= 11 is 5.90. The Hall–Kier alpha value is -1.29. The standard InChI is InChI=1S/C12H17ClN4/c1-9(13)4-3-6-14-12-11-10(5-7-15-12)17(2)8-16-11/h5,7-9H,3-4,6H2,1-2H3,(H,14,15). The second-order valence-electron chi connectivity index (χ2n) is 4.23. The first kappa shape index (κ1) is 12.2. The third-order valence-corrected chi connectivity index (χ3v) is 2.93. The van der Waals surface area contributed by atoms with E-state index in [1.165, 1.54) is 0 Å². The van der Waals surface area contributed by atoms with Crippen molar-refractivity contribution in [1.82, 2.24) is 14.5 Å². The second-order valence-corrected chi connectivity index (χ2v) is 4.98. The van der Waals surface area contributed by atoms with Crippen molar-refractivity contribution in [2.24, 2.45) is 7.05 Å². The van der Waals surface area contributed by atoms with Crippen LogP contribution in [0.5, 0.6) is 0 Å². The zero-order valence-electron chi connectivity index (χ0n) is 10.2. The Bertz CT molecular complexity index is 492. The lowest BCUT2D eigenvalue weighted by Gasteiger charge is -2.07. The van der Waals surface area contributed by atoms with Gasteiger partial charge in [-0.05, 0) is 25.8 Å². The maximum atomic E-state index is 5.90. The SMILES string of the molecule is CC(Cl)CCCNc1nccc2c1ncn2C. The predicted molar refractivity (Wildman–Crippen MR) is 71.5 cm³/mol. The van der Waals surface area contributed by atoms with Gasteiger partial charge in [-0.3, -0.25) is 0 Å². The number of anilines is 1. The van der Waals surface area contributed by atoms with Crippen LogP contribution in [-0.4, -0.2) is 26.5 Å². The van der Waals surface area contributed by atoms with E-state index in [0.717, 1.165) is 36.2 Å². The Labute approximate surface area is 106 Å². The third-order valence-electron chi connectivity index (χ3n) is 2.71. The number of fused-ring (bicyclic) bond motifs is 1. The minimum absolute atomic E-state index is 0.232. The Morgan fingerprint density at radius 2 is 2.29 bits per heavy atom. The van der Waals surface area contributed by atoms with Crippen LogP contribution in [0.2, 0.25) is 0 Å². The minimum Gasteiger partial charge on any atom is -0.368 e. The van der Waals surface area contributed by atoms with Gasteiger partial charge in [-0.25, -0.2) is 9.97 Å². The van der Waals surface area contributed by atoms with E-state index in [2.05, 4.69) is 15.3 Å². The van der Waals surface area contributed by atoms with Crippen molar-refractivity contribution in [3.05, 3.63) is 18.6 Å². The molecule has 0 saturated carbocycles. The van der Waals surface area contributed by atoms with Crippen molar-refractivity contribution < 1.29 is 0 Å². The van der Waals surface area contributed by atoms with E-state index in [1.807, 2.05) is 24.6 Å².